The molecular weight excluding hydrogens is 172 g/mol. The maximum Gasteiger partial charge on any atom is 0.185 e. The second-order valence-corrected chi connectivity index (χ2v) is 3.30. The summed E-state index contributed by atoms with van der Waals surface area (Å²) in [6, 6.07) is -0.463. The van der Waals surface area contributed by atoms with E-state index in [1.165, 1.54) is 0 Å². The van der Waals surface area contributed by atoms with Crippen LogP contribution in [0.3, 0.4) is 0 Å². The summed E-state index contributed by atoms with van der Waals surface area (Å²) in [6.07, 6.45) is -0.822. The summed E-state index contributed by atoms with van der Waals surface area (Å²) in [6.45, 7) is 1.88. The van der Waals surface area contributed by atoms with E-state index in [0.717, 1.165) is 0 Å². The second-order valence-electron chi connectivity index (χ2n) is 3.30. The predicted molar refractivity (Wildman–Crippen MR) is 48.1 cm³/mol. The second kappa shape index (κ2) is 4.34. The molecule has 5 nitrogen and oxygen atoms in total. The number of hydrogen-bond acceptors (Lipinski definition) is 5. The highest BCUT2D eigenvalue weighted by molar-refractivity contribution is 4.93. The van der Waals surface area contributed by atoms with E-state index >= 15 is 0 Å². The van der Waals surface area contributed by atoms with Gasteiger partial charge < -0.3 is 25.7 Å². The summed E-state index contributed by atoms with van der Waals surface area (Å²) in [5.41, 5.74) is 11.7. The van der Waals surface area contributed by atoms with Crippen LogP contribution < -0.4 is 11.5 Å². The van der Waals surface area contributed by atoms with Crippen molar-refractivity contribution in [1.29, 1.82) is 0 Å². The molecule has 0 amide bonds. The van der Waals surface area contributed by atoms with Crippen molar-refractivity contribution in [2.45, 2.75) is 37.5 Å². The lowest BCUT2D eigenvalue weighted by Gasteiger charge is -2.41. The minimum atomic E-state index is -0.421. The van der Waals surface area contributed by atoms with Gasteiger partial charge in [-0.15, -0.1) is 0 Å². The molecule has 5 atom stereocenters. The van der Waals surface area contributed by atoms with Crippen molar-refractivity contribution in [3.05, 3.63) is 0 Å². The molecule has 1 heterocycles. The first kappa shape index (κ1) is 10.9. The molecule has 0 bridgehead atoms. The van der Waals surface area contributed by atoms with Gasteiger partial charge in [-0.05, 0) is 6.92 Å². The Balaban J connectivity index is 2.69. The van der Waals surface area contributed by atoms with E-state index in [1.54, 1.807) is 14.2 Å². The topological polar surface area (TPSA) is 79.7 Å². The zero-order chi connectivity index (χ0) is 10.0. The third kappa shape index (κ3) is 2.00. The lowest BCUT2D eigenvalue weighted by Crippen LogP contribution is -2.64. The van der Waals surface area contributed by atoms with Gasteiger partial charge in [-0.25, -0.2) is 0 Å². The SMILES string of the molecule is CO[C@H]1O[C@H](C)[C@@H](N)[C@H](N)[C@H]1OC. The summed E-state index contributed by atoms with van der Waals surface area (Å²) in [5.74, 6) is 0. The van der Waals surface area contributed by atoms with Crippen molar-refractivity contribution in [2.75, 3.05) is 14.2 Å². The fourth-order valence-electron chi connectivity index (χ4n) is 1.55. The van der Waals surface area contributed by atoms with Crippen LogP contribution in [0.1, 0.15) is 6.92 Å². The average molecular weight is 190 g/mol. The Morgan fingerprint density at radius 3 is 2.15 bits per heavy atom. The first-order valence-electron chi connectivity index (χ1n) is 4.34. The molecule has 0 aromatic heterocycles. The lowest BCUT2D eigenvalue weighted by atomic mass is 9.96. The molecule has 1 fully saturated rings. The lowest BCUT2D eigenvalue weighted by molar-refractivity contribution is -0.241. The number of rotatable bonds is 2. The highest BCUT2D eigenvalue weighted by Crippen LogP contribution is 2.20. The van der Waals surface area contributed by atoms with Crippen LogP contribution in [0.5, 0.6) is 0 Å². The Morgan fingerprint density at radius 1 is 1.08 bits per heavy atom. The zero-order valence-electron chi connectivity index (χ0n) is 8.27. The van der Waals surface area contributed by atoms with E-state index in [1.807, 2.05) is 6.92 Å². The molecule has 0 unspecified atom stereocenters. The highest BCUT2D eigenvalue weighted by atomic mass is 16.7. The van der Waals surface area contributed by atoms with E-state index in [-0.39, 0.29) is 24.3 Å². The third-order valence-corrected chi connectivity index (χ3v) is 2.49. The molecule has 5 heteroatoms. The molecule has 0 aliphatic carbocycles. The Bertz CT molecular complexity index is 165. The van der Waals surface area contributed by atoms with Crippen LogP contribution in [0.2, 0.25) is 0 Å². The van der Waals surface area contributed by atoms with Gasteiger partial charge in [-0.1, -0.05) is 0 Å². The van der Waals surface area contributed by atoms with E-state index in [4.69, 9.17) is 25.7 Å². The van der Waals surface area contributed by atoms with Gasteiger partial charge in [0.05, 0.1) is 12.1 Å². The van der Waals surface area contributed by atoms with Gasteiger partial charge in [-0.3, -0.25) is 0 Å². The molecular formula is C8H18N2O3. The fraction of sp³-hybridized carbons (Fsp3) is 1.00. The molecule has 0 aromatic carbocycles. The Morgan fingerprint density at radius 2 is 1.69 bits per heavy atom. The van der Waals surface area contributed by atoms with Crippen LogP contribution in [-0.4, -0.2) is 44.8 Å². The maximum absolute atomic E-state index is 5.88. The third-order valence-electron chi connectivity index (χ3n) is 2.49. The van der Waals surface area contributed by atoms with Crippen LogP contribution in [-0.2, 0) is 14.2 Å². The maximum atomic E-state index is 5.88. The van der Waals surface area contributed by atoms with E-state index < -0.39 is 6.29 Å². The molecule has 78 valence electrons. The molecule has 1 aliphatic rings. The van der Waals surface area contributed by atoms with Gasteiger partial charge in [0.15, 0.2) is 6.29 Å². The minimum Gasteiger partial charge on any atom is -0.374 e. The molecule has 0 aromatic rings. The van der Waals surface area contributed by atoms with Crippen LogP contribution in [0, 0.1) is 0 Å². The van der Waals surface area contributed by atoms with Crippen molar-refractivity contribution < 1.29 is 14.2 Å². The molecule has 0 spiro atoms. The van der Waals surface area contributed by atoms with Crippen LogP contribution in [0.15, 0.2) is 0 Å². The van der Waals surface area contributed by atoms with E-state index in [0.29, 0.717) is 0 Å². The van der Waals surface area contributed by atoms with Gasteiger partial charge in [0.1, 0.15) is 6.10 Å². The Kier molecular flexibility index (Phi) is 3.63. The highest BCUT2D eigenvalue weighted by Gasteiger charge is 2.40. The van der Waals surface area contributed by atoms with Crippen molar-refractivity contribution in [3.63, 3.8) is 0 Å². The van der Waals surface area contributed by atoms with Gasteiger partial charge in [0.2, 0.25) is 0 Å². The normalized spacial score (nSPS) is 46.4. The molecule has 1 saturated heterocycles. The molecule has 0 saturated carbocycles. The fourth-order valence-corrected chi connectivity index (χ4v) is 1.55. The summed E-state index contributed by atoms with van der Waals surface area (Å²) >= 11 is 0. The van der Waals surface area contributed by atoms with Crippen molar-refractivity contribution >= 4 is 0 Å². The summed E-state index contributed by atoms with van der Waals surface area (Å²) in [5, 5.41) is 0. The van der Waals surface area contributed by atoms with Crippen molar-refractivity contribution in [2.24, 2.45) is 11.5 Å². The van der Waals surface area contributed by atoms with Gasteiger partial charge >= 0.3 is 0 Å². The molecule has 13 heavy (non-hydrogen) atoms. The monoisotopic (exact) mass is 190 g/mol. The quantitative estimate of drug-likeness (QED) is 0.586. The Hall–Kier alpha value is -0.200. The number of ether oxygens (including phenoxy) is 3. The zero-order valence-corrected chi connectivity index (χ0v) is 8.27. The summed E-state index contributed by atoms with van der Waals surface area (Å²) < 4.78 is 15.7. The Labute approximate surface area is 78.3 Å². The standard InChI is InChI=1S/C8H18N2O3/c1-4-5(9)6(10)7(11-2)8(12-3)13-4/h4-8H,9-10H2,1-3H3/t4-,5-,6+,7-,8+/m1/s1. The first-order valence-corrected chi connectivity index (χ1v) is 4.34. The van der Waals surface area contributed by atoms with Crippen molar-refractivity contribution in [3.8, 4) is 0 Å². The minimum absolute atomic E-state index is 0.105. The van der Waals surface area contributed by atoms with E-state index in [9.17, 15) is 0 Å². The smallest absolute Gasteiger partial charge is 0.185 e. The molecule has 1 aliphatic heterocycles. The summed E-state index contributed by atoms with van der Waals surface area (Å²) in [4.78, 5) is 0. The number of hydrogen-bond donors (Lipinski definition) is 2. The molecule has 1 rings (SSSR count). The van der Waals surface area contributed by atoms with Crippen LogP contribution in [0.25, 0.3) is 0 Å². The van der Waals surface area contributed by atoms with Crippen molar-refractivity contribution in [1.82, 2.24) is 0 Å². The van der Waals surface area contributed by atoms with E-state index in [2.05, 4.69) is 0 Å². The molecule has 0 radical (unpaired) electrons. The average Bonchev–Trinajstić information content (AvgIpc) is 2.13. The van der Waals surface area contributed by atoms with Crippen LogP contribution >= 0.6 is 0 Å². The predicted octanol–water partition coefficient (Wildman–Crippen LogP) is -0.953. The molecule has 4 N–H and O–H groups in total. The van der Waals surface area contributed by atoms with Crippen LogP contribution in [0.4, 0.5) is 0 Å². The first-order chi connectivity index (χ1) is 6.11. The summed E-state index contributed by atoms with van der Waals surface area (Å²) in [7, 11) is 3.13. The number of nitrogens with two attached hydrogens (primary N) is 2. The van der Waals surface area contributed by atoms with Gasteiger partial charge in [0, 0.05) is 20.3 Å². The number of methoxy groups -OCH3 is 2. The largest absolute Gasteiger partial charge is 0.374 e. The van der Waals surface area contributed by atoms with Gasteiger partial charge in [0.25, 0.3) is 0 Å². The van der Waals surface area contributed by atoms with Gasteiger partial charge in [-0.2, -0.15) is 0 Å².